The van der Waals surface area contributed by atoms with Crippen molar-refractivity contribution in [1.82, 2.24) is 19.7 Å². The predicted molar refractivity (Wildman–Crippen MR) is 76.1 cm³/mol. The quantitative estimate of drug-likeness (QED) is 0.913. The van der Waals surface area contributed by atoms with Gasteiger partial charge < -0.3 is 9.88 Å². The van der Waals surface area contributed by atoms with Crippen molar-refractivity contribution >= 4 is 0 Å². The zero-order valence-corrected chi connectivity index (χ0v) is 11.8. The van der Waals surface area contributed by atoms with Crippen LogP contribution in [-0.2, 0) is 20.0 Å². The topological polar surface area (TPSA) is 34.8 Å². The molecule has 0 spiro atoms. The van der Waals surface area contributed by atoms with Crippen LogP contribution >= 0.6 is 0 Å². The molecule has 0 saturated heterocycles. The van der Waals surface area contributed by atoms with Crippen molar-refractivity contribution in [3.05, 3.63) is 41.5 Å². The molecule has 0 amide bonds. The van der Waals surface area contributed by atoms with Crippen molar-refractivity contribution in [1.29, 1.82) is 0 Å². The highest BCUT2D eigenvalue weighted by atomic mass is 15.3. The third-order valence-electron chi connectivity index (χ3n) is 3.88. The molecule has 0 bridgehead atoms. The van der Waals surface area contributed by atoms with E-state index in [-0.39, 0.29) is 0 Å². The van der Waals surface area contributed by atoms with E-state index in [0.717, 1.165) is 18.8 Å². The highest BCUT2D eigenvalue weighted by Gasteiger charge is 2.21. The minimum atomic E-state index is 0.540. The van der Waals surface area contributed by atoms with Gasteiger partial charge >= 0.3 is 0 Å². The number of nitrogens with zero attached hydrogens (tertiary/aromatic N) is 3. The zero-order valence-electron chi connectivity index (χ0n) is 11.8. The summed E-state index contributed by atoms with van der Waals surface area (Å²) in [5, 5.41) is 8.04. The molecule has 0 aliphatic heterocycles. The van der Waals surface area contributed by atoms with Crippen LogP contribution in [0.2, 0.25) is 0 Å². The molecule has 0 fully saturated rings. The summed E-state index contributed by atoms with van der Waals surface area (Å²) in [5.74, 6) is 0. The Balaban J connectivity index is 1.81. The Hall–Kier alpha value is -1.55. The molecule has 4 heteroatoms. The molecule has 102 valence electrons. The smallest absolute Gasteiger partial charge is 0.0821 e. The molecule has 0 radical (unpaired) electrons. The predicted octanol–water partition coefficient (Wildman–Crippen LogP) is 2.26. The SMILES string of the molecule is CCNC1CCCc2cn(Cc3ccn(C)n3)cc21. The first-order valence-electron chi connectivity index (χ1n) is 7.16. The van der Waals surface area contributed by atoms with E-state index in [1.807, 2.05) is 17.9 Å². The zero-order chi connectivity index (χ0) is 13.2. The average Bonchev–Trinajstić information content (AvgIpc) is 2.97. The van der Waals surface area contributed by atoms with Crippen molar-refractivity contribution in [3.63, 3.8) is 0 Å². The van der Waals surface area contributed by atoms with Crippen LogP contribution < -0.4 is 5.32 Å². The number of nitrogens with one attached hydrogen (secondary N) is 1. The lowest BCUT2D eigenvalue weighted by atomic mass is 9.91. The highest BCUT2D eigenvalue weighted by Crippen LogP contribution is 2.30. The Bertz CT molecular complexity index is 552. The van der Waals surface area contributed by atoms with Crippen LogP contribution in [0.25, 0.3) is 0 Å². The molecule has 2 aromatic heterocycles. The number of aromatic nitrogens is 3. The average molecular weight is 258 g/mol. The molecule has 1 atom stereocenters. The van der Waals surface area contributed by atoms with Gasteiger partial charge in [0.2, 0.25) is 0 Å². The normalized spacial score (nSPS) is 18.5. The lowest BCUT2D eigenvalue weighted by Gasteiger charge is -2.22. The standard InChI is InChI=1S/C15H22N4/c1-3-16-15-6-4-5-12-9-19(11-14(12)15)10-13-7-8-18(2)17-13/h7-9,11,15-16H,3-6,10H2,1-2H3. The van der Waals surface area contributed by atoms with Gasteiger partial charge in [0, 0.05) is 31.7 Å². The fourth-order valence-electron chi connectivity index (χ4n) is 3.03. The third-order valence-corrected chi connectivity index (χ3v) is 3.88. The first-order valence-corrected chi connectivity index (χ1v) is 7.16. The van der Waals surface area contributed by atoms with Gasteiger partial charge in [-0.1, -0.05) is 6.92 Å². The molecule has 1 unspecified atom stereocenters. The van der Waals surface area contributed by atoms with Crippen LogP contribution in [0.5, 0.6) is 0 Å². The fourth-order valence-corrected chi connectivity index (χ4v) is 3.03. The summed E-state index contributed by atoms with van der Waals surface area (Å²) in [5.41, 5.74) is 4.12. The Labute approximate surface area is 114 Å². The van der Waals surface area contributed by atoms with Crippen molar-refractivity contribution in [3.8, 4) is 0 Å². The number of fused-ring (bicyclic) bond motifs is 1. The van der Waals surface area contributed by atoms with Crippen LogP contribution in [0.15, 0.2) is 24.7 Å². The van der Waals surface area contributed by atoms with E-state index in [0.29, 0.717) is 6.04 Å². The van der Waals surface area contributed by atoms with Gasteiger partial charge in [0.05, 0.1) is 12.2 Å². The molecule has 4 nitrogen and oxygen atoms in total. The van der Waals surface area contributed by atoms with Gasteiger partial charge in [-0.3, -0.25) is 4.68 Å². The Morgan fingerprint density at radius 1 is 1.42 bits per heavy atom. The molecule has 1 aliphatic rings. The second kappa shape index (κ2) is 5.21. The largest absolute Gasteiger partial charge is 0.348 e. The van der Waals surface area contributed by atoms with Gasteiger partial charge in [0.15, 0.2) is 0 Å². The van der Waals surface area contributed by atoms with Gasteiger partial charge in [-0.25, -0.2) is 0 Å². The molecule has 1 N–H and O–H groups in total. The molecular formula is C15H22N4. The molecule has 1 aliphatic carbocycles. The summed E-state index contributed by atoms with van der Waals surface area (Å²) >= 11 is 0. The van der Waals surface area contributed by atoms with Crippen LogP contribution in [0.4, 0.5) is 0 Å². The van der Waals surface area contributed by atoms with E-state index in [2.05, 4.69) is 40.4 Å². The van der Waals surface area contributed by atoms with Crippen molar-refractivity contribution < 1.29 is 0 Å². The van der Waals surface area contributed by atoms with Crippen molar-refractivity contribution in [2.45, 2.75) is 38.8 Å². The highest BCUT2D eigenvalue weighted by molar-refractivity contribution is 5.30. The van der Waals surface area contributed by atoms with E-state index < -0.39 is 0 Å². The summed E-state index contributed by atoms with van der Waals surface area (Å²) < 4.78 is 4.14. The number of aryl methyl sites for hydroxylation is 2. The molecule has 2 aromatic rings. The maximum atomic E-state index is 4.45. The second-order valence-corrected chi connectivity index (χ2v) is 5.39. The van der Waals surface area contributed by atoms with Crippen molar-refractivity contribution in [2.75, 3.05) is 6.54 Å². The minimum Gasteiger partial charge on any atom is -0.348 e. The Morgan fingerprint density at radius 2 is 2.32 bits per heavy atom. The van der Waals surface area contributed by atoms with Crippen molar-refractivity contribution in [2.24, 2.45) is 7.05 Å². The summed E-state index contributed by atoms with van der Waals surface area (Å²) in [6, 6.07) is 2.62. The number of hydrogen-bond acceptors (Lipinski definition) is 2. The van der Waals surface area contributed by atoms with Gasteiger partial charge in [-0.05, 0) is 43.0 Å². The van der Waals surface area contributed by atoms with Crippen LogP contribution in [0.3, 0.4) is 0 Å². The molecule has 19 heavy (non-hydrogen) atoms. The summed E-state index contributed by atoms with van der Waals surface area (Å²) in [7, 11) is 1.96. The van der Waals surface area contributed by atoms with E-state index in [1.165, 1.54) is 30.4 Å². The minimum absolute atomic E-state index is 0.540. The summed E-state index contributed by atoms with van der Waals surface area (Å²) in [4.78, 5) is 0. The maximum Gasteiger partial charge on any atom is 0.0821 e. The van der Waals surface area contributed by atoms with E-state index in [4.69, 9.17) is 0 Å². The van der Waals surface area contributed by atoms with Crippen LogP contribution in [0, 0.1) is 0 Å². The monoisotopic (exact) mass is 258 g/mol. The first-order chi connectivity index (χ1) is 9.26. The first kappa shape index (κ1) is 12.5. The summed E-state index contributed by atoms with van der Waals surface area (Å²) in [6.07, 6.45) is 10.4. The van der Waals surface area contributed by atoms with E-state index in [9.17, 15) is 0 Å². The number of rotatable bonds is 4. The summed E-state index contributed by atoms with van der Waals surface area (Å²) in [6.45, 7) is 4.08. The van der Waals surface area contributed by atoms with Gasteiger partial charge in [0.25, 0.3) is 0 Å². The van der Waals surface area contributed by atoms with Gasteiger partial charge in [-0.15, -0.1) is 0 Å². The lowest BCUT2D eigenvalue weighted by molar-refractivity contribution is 0.473. The van der Waals surface area contributed by atoms with Crippen LogP contribution in [0.1, 0.15) is 42.6 Å². The van der Waals surface area contributed by atoms with E-state index >= 15 is 0 Å². The second-order valence-electron chi connectivity index (χ2n) is 5.39. The Kier molecular flexibility index (Phi) is 3.42. The third kappa shape index (κ3) is 2.59. The molecule has 3 rings (SSSR count). The van der Waals surface area contributed by atoms with E-state index in [1.54, 1.807) is 0 Å². The number of hydrogen-bond donors (Lipinski definition) is 1. The Morgan fingerprint density at radius 3 is 3.05 bits per heavy atom. The maximum absolute atomic E-state index is 4.45. The lowest BCUT2D eigenvalue weighted by Crippen LogP contribution is -2.23. The molecule has 2 heterocycles. The van der Waals surface area contributed by atoms with Crippen LogP contribution in [-0.4, -0.2) is 20.9 Å². The molecular weight excluding hydrogens is 236 g/mol. The fraction of sp³-hybridized carbons (Fsp3) is 0.533. The molecule has 0 aromatic carbocycles. The van der Waals surface area contributed by atoms with Gasteiger partial charge in [-0.2, -0.15) is 5.10 Å². The molecule has 0 saturated carbocycles. The van der Waals surface area contributed by atoms with Gasteiger partial charge in [0.1, 0.15) is 0 Å².